The molecule has 5 N–H and O–H groups in total. The van der Waals surface area contributed by atoms with Crippen molar-refractivity contribution in [2.24, 2.45) is 0 Å². The summed E-state index contributed by atoms with van der Waals surface area (Å²) in [5.41, 5.74) is -5.15. The Hall–Kier alpha value is -2.98. The van der Waals surface area contributed by atoms with Gasteiger partial charge in [-0.3, -0.25) is 4.79 Å². The highest BCUT2D eigenvalue weighted by molar-refractivity contribution is 5.83. The molecule has 1 atom stereocenters. The lowest BCUT2D eigenvalue weighted by Gasteiger charge is -2.39. The second kappa shape index (κ2) is 9.35. The molecule has 0 heterocycles. The molecule has 1 unspecified atom stereocenters. The number of hydrogen-bond acceptors (Lipinski definition) is 7. The molecule has 0 saturated carbocycles. The largest absolute Gasteiger partial charge is 0.478 e. The van der Waals surface area contributed by atoms with Gasteiger partial charge >= 0.3 is 23.9 Å². The van der Waals surface area contributed by atoms with E-state index in [4.69, 9.17) is 20.1 Å². The normalized spacial score (nSPS) is 16.6. The third-order valence-electron chi connectivity index (χ3n) is 2.94. The first kappa shape index (κ1) is 22.0. The molecule has 0 rings (SSSR count). The van der Waals surface area contributed by atoms with Crippen molar-refractivity contribution in [2.75, 3.05) is 6.61 Å². The molecule has 0 amide bonds. The Morgan fingerprint density at radius 2 is 1.28 bits per heavy atom. The fourth-order valence-electron chi connectivity index (χ4n) is 1.67. The fraction of sp³-hybridized carbons (Fsp3) is 0.333. The minimum atomic E-state index is -2.66. The van der Waals surface area contributed by atoms with E-state index in [1.54, 1.807) is 0 Å². The average Bonchev–Trinajstić information content (AvgIpc) is 2.54. The summed E-state index contributed by atoms with van der Waals surface area (Å²) in [6, 6.07) is 0. The number of aliphatic hydroxyl groups is 2. The van der Waals surface area contributed by atoms with Crippen LogP contribution in [0.4, 0.5) is 0 Å². The molecule has 0 bridgehead atoms. The van der Waals surface area contributed by atoms with Crippen molar-refractivity contribution in [3.8, 4) is 0 Å². The van der Waals surface area contributed by atoms with Crippen molar-refractivity contribution in [3.05, 3.63) is 36.5 Å². The van der Waals surface area contributed by atoms with Gasteiger partial charge in [0.1, 0.15) is 0 Å². The van der Waals surface area contributed by atoms with Crippen molar-refractivity contribution >= 4 is 23.9 Å². The zero-order valence-electron chi connectivity index (χ0n) is 13.2. The molecule has 0 aliphatic carbocycles. The van der Waals surface area contributed by atoms with Crippen molar-refractivity contribution in [1.29, 1.82) is 0 Å². The van der Waals surface area contributed by atoms with E-state index in [0.717, 1.165) is 0 Å². The number of rotatable bonds is 10. The third-order valence-corrected chi connectivity index (χ3v) is 2.94. The van der Waals surface area contributed by atoms with Gasteiger partial charge in [0, 0.05) is 24.6 Å². The summed E-state index contributed by atoms with van der Waals surface area (Å²) in [7, 11) is 0. The van der Waals surface area contributed by atoms with Gasteiger partial charge in [-0.15, -0.1) is 0 Å². The molecule has 25 heavy (non-hydrogen) atoms. The minimum Gasteiger partial charge on any atom is -0.478 e. The maximum absolute atomic E-state index is 11.7. The van der Waals surface area contributed by atoms with Crippen LogP contribution in [0.5, 0.6) is 0 Å². The SMILES string of the molecule is CCC(=O)OC(C=CC(=O)O)(C=CC(=O)O)C(O)(C=CC(=O)O)CO. The molecule has 0 aliphatic rings. The van der Waals surface area contributed by atoms with Gasteiger partial charge in [-0.2, -0.15) is 0 Å². The Bertz CT molecular complexity index is 592. The zero-order valence-corrected chi connectivity index (χ0v) is 13.2. The number of carbonyl (C=O) groups excluding carboxylic acids is 1. The molecule has 138 valence electrons. The number of aliphatic hydroxyl groups excluding tert-OH is 1. The van der Waals surface area contributed by atoms with Crippen LogP contribution in [-0.4, -0.2) is 67.2 Å². The van der Waals surface area contributed by atoms with Crippen molar-refractivity contribution < 1.29 is 49.4 Å². The Balaban J connectivity index is 6.52. The third kappa shape index (κ3) is 6.57. The molecular weight excluding hydrogens is 340 g/mol. The topological polar surface area (TPSA) is 179 Å². The van der Waals surface area contributed by atoms with Crippen LogP contribution in [0.2, 0.25) is 0 Å². The number of carboxylic acids is 3. The Morgan fingerprint density at radius 3 is 1.60 bits per heavy atom. The van der Waals surface area contributed by atoms with E-state index in [0.29, 0.717) is 36.5 Å². The van der Waals surface area contributed by atoms with Gasteiger partial charge in [-0.1, -0.05) is 6.92 Å². The Labute approximate surface area is 142 Å². The second-order valence-electron chi connectivity index (χ2n) is 4.72. The molecule has 0 aromatic heterocycles. The van der Waals surface area contributed by atoms with Crippen LogP contribution in [0.1, 0.15) is 13.3 Å². The average molecular weight is 358 g/mol. The van der Waals surface area contributed by atoms with Crippen LogP contribution in [0, 0.1) is 0 Å². The summed E-state index contributed by atoms with van der Waals surface area (Å²) in [5, 5.41) is 46.3. The summed E-state index contributed by atoms with van der Waals surface area (Å²) in [6.07, 6.45) is 2.91. The standard InChI is InChI=1S/C15H18O10/c1-2-13(23)25-15(7-4-11(19)20,8-5-12(21)22)14(24,9-16)6-3-10(17)18/h3-8,16,24H,2,9H2,1H3,(H,17,18)(H,19,20)(H,21,22). The van der Waals surface area contributed by atoms with E-state index < -0.39 is 41.7 Å². The van der Waals surface area contributed by atoms with Gasteiger partial charge in [-0.25, -0.2) is 14.4 Å². The molecule has 0 spiro atoms. The molecule has 10 nitrogen and oxygen atoms in total. The van der Waals surface area contributed by atoms with E-state index >= 15 is 0 Å². The molecule has 0 saturated heterocycles. The van der Waals surface area contributed by atoms with Gasteiger partial charge in [0.2, 0.25) is 0 Å². The second-order valence-corrected chi connectivity index (χ2v) is 4.72. The molecule has 0 aliphatic heterocycles. The maximum atomic E-state index is 11.7. The quantitative estimate of drug-likeness (QED) is 0.248. The molecular formula is C15H18O10. The van der Waals surface area contributed by atoms with E-state index in [1.807, 2.05) is 0 Å². The lowest BCUT2D eigenvalue weighted by molar-refractivity contribution is -0.170. The summed E-state index contributed by atoms with van der Waals surface area (Å²) in [6.45, 7) is 0.154. The van der Waals surface area contributed by atoms with E-state index in [1.165, 1.54) is 6.92 Å². The highest BCUT2D eigenvalue weighted by Gasteiger charge is 2.49. The highest BCUT2D eigenvalue weighted by atomic mass is 16.6. The predicted molar refractivity (Wildman–Crippen MR) is 81.5 cm³/mol. The van der Waals surface area contributed by atoms with E-state index in [2.05, 4.69) is 0 Å². The lowest BCUT2D eigenvalue weighted by Crippen LogP contribution is -2.56. The monoisotopic (exact) mass is 358 g/mol. The number of esters is 1. The van der Waals surface area contributed by atoms with Gasteiger partial charge in [0.05, 0.1) is 6.61 Å². The van der Waals surface area contributed by atoms with Crippen molar-refractivity contribution in [1.82, 2.24) is 0 Å². The first-order valence-corrected chi connectivity index (χ1v) is 6.83. The van der Waals surface area contributed by atoms with Gasteiger partial charge in [0.25, 0.3) is 0 Å². The van der Waals surface area contributed by atoms with Crippen LogP contribution in [0.15, 0.2) is 36.5 Å². The lowest BCUT2D eigenvalue weighted by atomic mass is 9.81. The summed E-state index contributed by atoms with van der Waals surface area (Å²) < 4.78 is 4.98. The van der Waals surface area contributed by atoms with Gasteiger partial charge < -0.3 is 30.3 Å². The predicted octanol–water partition coefficient (Wildman–Crippen LogP) is -0.676. The molecule has 10 heteroatoms. The van der Waals surface area contributed by atoms with Crippen LogP contribution in [0.3, 0.4) is 0 Å². The fourth-order valence-corrected chi connectivity index (χ4v) is 1.67. The maximum Gasteiger partial charge on any atom is 0.328 e. The molecule has 0 aromatic carbocycles. The highest BCUT2D eigenvalue weighted by Crippen LogP contribution is 2.32. The molecule has 0 radical (unpaired) electrons. The van der Waals surface area contributed by atoms with Crippen LogP contribution in [-0.2, 0) is 23.9 Å². The van der Waals surface area contributed by atoms with Crippen LogP contribution < -0.4 is 0 Å². The Morgan fingerprint density at radius 1 is 0.880 bits per heavy atom. The molecule has 0 fully saturated rings. The summed E-state index contributed by atoms with van der Waals surface area (Å²) >= 11 is 0. The number of hydrogen-bond donors (Lipinski definition) is 5. The van der Waals surface area contributed by atoms with Crippen molar-refractivity contribution in [3.63, 3.8) is 0 Å². The number of carbonyl (C=O) groups is 4. The van der Waals surface area contributed by atoms with Gasteiger partial charge in [-0.05, 0) is 18.2 Å². The number of carboxylic acid groups (broad SMARTS) is 3. The first-order chi connectivity index (χ1) is 11.5. The first-order valence-electron chi connectivity index (χ1n) is 6.83. The van der Waals surface area contributed by atoms with Crippen LogP contribution >= 0.6 is 0 Å². The zero-order chi connectivity index (χ0) is 19.7. The summed E-state index contributed by atoms with van der Waals surface area (Å²) in [4.78, 5) is 44.0. The van der Waals surface area contributed by atoms with E-state index in [9.17, 15) is 29.4 Å². The van der Waals surface area contributed by atoms with Crippen LogP contribution in [0.25, 0.3) is 0 Å². The number of aliphatic carboxylic acids is 3. The summed E-state index contributed by atoms with van der Waals surface area (Å²) in [5.74, 6) is -5.54. The van der Waals surface area contributed by atoms with Crippen molar-refractivity contribution in [2.45, 2.75) is 24.5 Å². The Kier molecular flexibility index (Phi) is 8.23. The smallest absolute Gasteiger partial charge is 0.328 e. The number of ether oxygens (including phenoxy) is 1. The van der Waals surface area contributed by atoms with E-state index in [-0.39, 0.29) is 6.42 Å². The minimum absolute atomic E-state index is 0.228. The molecule has 0 aromatic rings. The van der Waals surface area contributed by atoms with Gasteiger partial charge in [0.15, 0.2) is 11.2 Å².